The Balaban J connectivity index is 2.53. The van der Waals surface area contributed by atoms with E-state index in [2.05, 4.69) is 73.5 Å². The third-order valence-corrected chi connectivity index (χ3v) is 2.92. The zero-order valence-electron chi connectivity index (χ0n) is 10.5. The highest BCUT2D eigenvalue weighted by Gasteiger charge is 2.16. The molecule has 0 N–H and O–H groups in total. The molecule has 0 fully saturated rings. The van der Waals surface area contributed by atoms with Crippen LogP contribution in [-0.2, 0) is 0 Å². The van der Waals surface area contributed by atoms with E-state index < -0.39 is 0 Å². The van der Waals surface area contributed by atoms with Crippen LogP contribution in [0, 0.1) is 0 Å². The van der Waals surface area contributed by atoms with Gasteiger partial charge >= 0.3 is 0 Å². The van der Waals surface area contributed by atoms with E-state index in [0.29, 0.717) is 12.1 Å². The Morgan fingerprint density at radius 1 is 0.938 bits per heavy atom. The predicted octanol–water partition coefficient (Wildman–Crippen LogP) is 3.56. The van der Waals surface area contributed by atoms with Crippen LogP contribution in [0.1, 0.15) is 27.7 Å². The van der Waals surface area contributed by atoms with Gasteiger partial charge in [-0.3, -0.25) is 0 Å². The third-order valence-electron chi connectivity index (χ3n) is 2.92. The Kier molecular flexibility index (Phi) is 2.90. The molecule has 0 saturated carbocycles. The van der Waals surface area contributed by atoms with Crippen molar-refractivity contribution >= 4 is 11.3 Å². The summed E-state index contributed by atoms with van der Waals surface area (Å²) in [5, 5.41) is 0. The minimum atomic E-state index is 0.512. The maximum Gasteiger partial charge on any atom is 0.113 e. The van der Waals surface area contributed by atoms with Crippen molar-refractivity contribution in [2.45, 2.75) is 39.8 Å². The smallest absolute Gasteiger partial charge is 0.113 e. The number of anilines is 1. The standard InChI is InChI=1S/C14H20N2/c1-11(2)16(12(3)4)14-9-8-13-7-5-6-10-15(13)14/h5-12H,1-4H3. The largest absolute Gasteiger partial charge is 0.353 e. The van der Waals surface area contributed by atoms with Crippen molar-refractivity contribution in [2.75, 3.05) is 4.90 Å². The SMILES string of the molecule is CC(C)N(c1ccc2ccccn12)C(C)C. The summed E-state index contributed by atoms with van der Waals surface area (Å²) >= 11 is 0. The molecule has 2 heteroatoms. The van der Waals surface area contributed by atoms with Crippen LogP contribution in [0.2, 0.25) is 0 Å². The van der Waals surface area contributed by atoms with Crippen molar-refractivity contribution < 1.29 is 0 Å². The monoisotopic (exact) mass is 216 g/mol. The highest BCUT2D eigenvalue weighted by Crippen LogP contribution is 2.23. The first-order valence-corrected chi connectivity index (χ1v) is 5.95. The summed E-state index contributed by atoms with van der Waals surface area (Å²) in [6.07, 6.45) is 2.13. The number of rotatable bonds is 3. The van der Waals surface area contributed by atoms with Crippen LogP contribution < -0.4 is 4.90 Å². The molecule has 2 heterocycles. The number of nitrogens with zero attached hydrogens (tertiary/aromatic N) is 2. The van der Waals surface area contributed by atoms with Gasteiger partial charge < -0.3 is 9.30 Å². The van der Waals surface area contributed by atoms with Gasteiger partial charge in [-0.25, -0.2) is 0 Å². The lowest BCUT2D eigenvalue weighted by atomic mass is 10.2. The molecule has 0 unspecified atom stereocenters. The fourth-order valence-corrected chi connectivity index (χ4v) is 2.38. The molecule has 0 bridgehead atoms. The van der Waals surface area contributed by atoms with E-state index >= 15 is 0 Å². The summed E-state index contributed by atoms with van der Waals surface area (Å²) in [5.41, 5.74) is 1.25. The first-order valence-electron chi connectivity index (χ1n) is 5.95. The molecule has 2 nitrogen and oxygen atoms in total. The number of fused-ring (bicyclic) bond motifs is 1. The lowest BCUT2D eigenvalue weighted by molar-refractivity contribution is 0.598. The third kappa shape index (κ3) is 1.80. The van der Waals surface area contributed by atoms with Gasteiger partial charge in [0.25, 0.3) is 0 Å². The van der Waals surface area contributed by atoms with E-state index in [0.717, 1.165) is 0 Å². The molecule has 2 aromatic rings. The average Bonchev–Trinajstić information content (AvgIpc) is 2.61. The molecule has 0 atom stereocenters. The molecular formula is C14H20N2. The van der Waals surface area contributed by atoms with Crippen molar-refractivity contribution in [3.63, 3.8) is 0 Å². The minimum absolute atomic E-state index is 0.512. The van der Waals surface area contributed by atoms with E-state index in [-0.39, 0.29) is 0 Å². The van der Waals surface area contributed by atoms with Crippen LogP contribution in [0.25, 0.3) is 5.52 Å². The van der Waals surface area contributed by atoms with Gasteiger partial charge in [0.2, 0.25) is 0 Å². The molecule has 0 spiro atoms. The van der Waals surface area contributed by atoms with Crippen molar-refractivity contribution in [1.82, 2.24) is 4.40 Å². The molecule has 2 aromatic heterocycles. The quantitative estimate of drug-likeness (QED) is 0.761. The Morgan fingerprint density at radius 2 is 1.62 bits per heavy atom. The first kappa shape index (κ1) is 11.1. The fraction of sp³-hybridized carbons (Fsp3) is 0.429. The van der Waals surface area contributed by atoms with Gasteiger partial charge in [-0.2, -0.15) is 0 Å². The summed E-state index contributed by atoms with van der Waals surface area (Å²) in [6, 6.07) is 11.7. The molecular weight excluding hydrogens is 196 g/mol. The van der Waals surface area contributed by atoms with Crippen LogP contribution in [0.3, 0.4) is 0 Å². The van der Waals surface area contributed by atoms with E-state index in [1.165, 1.54) is 11.3 Å². The van der Waals surface area contributed by atoms with Gasteiger partial charge in [-0.15, -0.1) is 0 Å². The minimum Gasteiger partial charge on any atom is -0.353 e. The van der Waals surface area contributed by atoms with E-state index in [4.69, 9.17) is 0 Å². The molecule has 0 aliphatic rings. The Bertz CT molecular complexity index is 460. The van der Waals surface area contributed by atoms with Crippen LogP contribution in [0.4, 0.5) is 5.82 Å². The lowest BCUT2D eigenvalue weighted by Crippen LogP contribution is -2.37. The maximum atomic E-state index is 2.44. The summed E-state index contributed by atoms with van der Waals surface area (Å²) < 4.78 is 2.25. The molecule has 16 heavy (non-hydrogen) atoms. The van der Waals surface area contributed by atoms with Gasteiger partial charge in [0.15, 0.2) is 0 Å². The van der Waals surface area contributed by atoms with Crippen molar-refractivity contribution in [2.24, 2.45) is 0 Å². The number of pyridine rings is 1. The Labute approximate surface area is 97.5 Å². The van der Waals surface area contributed by atoms with Gasteiger partial charge in [0, 0.05) is 23.8 Å². The average molecular weight is 216 g/mol. The number of hydrogen-bond acceptors (Lipinski definition) is 1. The molecule has 0 aliphatic carbocycles. The van der Waals surface area contributed by atoms with E-state index in [1.807, 2.05) is 0 Å². The second kappa shape index (κ2) is 4.20. The highest BCUT2D eigenvalue weighted by atomic mass is 15.2. The first-order chi connectivity index (χ1) is 7.61. The zero-order chi connectivity index (χ0) is 11.7. The van der Waals surface area contributed by atoms with Crippen molar-refractivity contribution in [3.8, 4) is 0 Å². The van der Waals surface area contributed by atoms with Crippen LogP contribution in [-0.4, -0.2) is 16.5 Å². The molecule has 0 amide bonds. The maximum absolute atomic E-state index is 2.44. The topological polar surface area (TPSA) is 7.65 Å². The van der Waals surface area contributed by atoms with Gasteiger partial charge in [-0.1, -0.05) is 6.07 Å². The highest BCUT2D eigenvalue weighted by molar-refractivity contribution is 5.59. The van der Waals surface area contributed by atoms with E-state index in [9.17, 15) is 0 Å². The van der Waals surface area contributed by atoms with Crippen molar-refractivity contribution in [3.05, 3.63) is 36.5 Å². The molecule has 0 aromatic carbocycles. The molecule has 0 radical (unpaired) electrons. The normalized spacial score (nSPS) is 11.6. The predicted molar refractivity (Wildman–Crippen MR) is 70.1 cm³/mol. The van der Waals surface area contributed by atoms with Crippen LogP contribution >= 0.6 is 0 Å². The molecule has 0 saturated heterocycles. The molecule has 0 aliphatic heterocycles. The number of hydrogen-bond donors (Lipinski definition) is 0. The van der Waals surface area contributed by atoms with Gasteiger partial charge in [0.05, 0.1) is 0 Å². The Hall–Kier alpha value is -1.44. The van der Waals surface area contributed by atoms with Gasteiger partial charge in [0.1, 0.15) is 5.82 Å². The second-order valence-corrected chi connectivity index (χ2v) is 4.78. The summed E-state index contributed by atoms with van der Waals surface area (Å²) in [4.78, 5) is 2.44. The summed E-state index contributed by atoms with van der Waals surface area (Å²) in [6.45, 7) is 8.95. The summed E-state index contributed by atoms with van der Waals surface area (Å²) in [7, 11) is 0. The molecule has 86 valence electrons. The number of aromatic nitrogens is 1. The van der Waals surface area contributed by atoms with Crippen LogP contribution in [0.15, 0.2) is 36.5 Å². The lowest BCUT2D eigenvalue weighted by Gasteiger charge is -2.32. The van der Waals surface area contributed by atoms with Gasteiger partial charge in [-0.05, 0) is 52.0 Å². The molecule has 2 rings (SSSR count). The second-order valence-electron chi connectivity index (χ2n) is 4.78. The van der Waals surface area contributed by atoms with E-state index in [1.54, 1.807) is 0 Å². The van der Waals surface area contributed by atoms with Crippen molar-refractivity contribution in [1.29, 1.82) is 0 Å². The van der Waals surface area contributed by atoms with Crippen LogP contribution in [0.5, 0.6) is 0 Å². The fourth-order valence-electron chi connectivity index (χ4n) is 2.38. The summed E-state index contributed by atoms with van der Waals surface area (Å²) in [5.74, 6) is 1.28. The Morgan fingerprint density at radius 3 is 2.25 bits per heavy atom. The zero-order valence-corrected chi connectivity index (χ0v) is 10.5.